The van der Waals surface area contributed by atoms with Gasteiger partial charge in [0.05, 0.1) is 10.5 Å². The predicted molar refractivity (Wildman–Crippen MR) is 95.1 cm³/mol. The molecule has 0 saturated heterocycles. The van der Waals surface area contributed by atoms with E-state index in [2.05, 4.69) is 4.72 Å². The molecule has 25 heavy (non-hydrogen) atoms. The number of nitrogens with one attached hydrogen (secondary N) is 1. The van der Waals surface area contributed by atoms with Gasteiger partial charge in [0.25, 0.3) is 10.0 Å². The number of carbonyl (C=O) groups is 1. The molecule has 0 spiro atoms. The number of anilines is 1. The molecule has 5 nitrogen and oxygen atoms in total. The Hall–Kier alpha value is -3.12. The second-order valence-corrected chi connectivity index (χ2v) is 6.88. The maximum atomic E-state index is 12.3. The topological polar surface area (TPSA) is 72.5 Å². The summed E-state index contributed by atoms with van der Waals surface area (Å²) in [5.74, 6) is -0.144. The van der Waals surface area contributed by atoms with Gasteiger partial charge in [-0.1, -0.05) is 42.5 Å². The van der Waals surface area contributed by atoms with Crippen LogP contribution < -0.4 is 9.46 Å². The summed E-state index contributed by atoms with van der Waals surface area (Å²) in [7, 11) is -3.72. The third-order valence-corrected chi connectivity index (χ3v) is 4.75. The number of carbonyl (C=O) groups excluding carboxylic acids is 1. The van der Waals surface area contributed by atoms with Crippen molar-refractivity contribution in [2.24, 2.45) is 0 Å². The molecule has 0 heterocycles. The summed E-state index contributed by atoms with van der Waals surface area (Å²) in [4.78, 5) is 12.3. The monoisotopic (exact) mass is 353 g/mol. The van der Waals surface area contributed by atoms with Gasteiger partial charge in [0.1, 0.15) is 5.75 Å². The van der Waals surface area contributed by atoms with Crippen molar-refractivity contribution in [1.29, 1.82) is 0 Å². The standard InChI is InChI=1S/C19H15NO4S/c21-19(24-17-10-3-1-4-11-17)15-8-7-9-16(14-15)20-25(22,23)18-12-5-2-6-13-18/h1-14,20H. The van der Waals surface area contributed by atoms with Crippen LogP contribution in [0.15, 0.2) is 89.8 Å². The third-order valence-electron chi connectivity index (χ3n) is 3.36. The van der Waals surface area contributed by atoms with Gasteiger partial charge >= 0.3 is 5.97 Å². The van der Waals surface area contributed by atoms with Crippen molar-refractivity contribution in [2.75, 3.05) is 4.72 Å². The average Bonchev–Trinajstić information content (AvgIpc) is 2.63. The van der Waals surface area contributed by atoms with Crippen LogP contribution in [0.3, 0.4) is 0 Å². The molecule has 0 amide bonds. The minimum Gasteiger partial charge on any atom is -0.423 e. The molecule has 3 aromatic rings. The van der Waals surface area contributed by atoms with Gasteiger partial charge in [-0.2, -0.15) is 0 Å². The minimum atomic E-state index is -3.72. The van der Waals surface area contributed by atoms with E-state index in [1.165, 1.54) is 18.2 Å². The fourth-order valence-corrected chi connectivity index (χ4v) is 3.25. The van der Waals surface area contributed by atoms with Crippen molar-refractivity contribution in [3.8, 4) is 5.75 Å². The van der Waals surface area contributed by atoms with Gasteiger partial charge in [0.2, 0.25) is 0 Å². The fraction of sp³-hybridized carbons (Fsp3) is 0. The van der Waals surface area contributed by atoms with Gasteiger partial charge in [0.15, 0.2) is 0 Å². The largest absolute Gasteiger partial charge is 0.423 e. The molecule has 0 aliphatic rings. The first-order chi connectivity index (χ1) is 12.0. The Morgan fingerprint density at radius 2 is 1.44 bits per heavy atom. The zero-order valence-corrected chi connectivity index (χ0v) is 13.9. The molecule has 0 atom stereocenters. The predicted octanol–water partition coefficient (Wildman–Crippen LogP) is 3.71. The molecule has 0 aliphatic heterocycles. The molecule has 3 aromatic carbocycles. The summed E-state index contributed by atoms with van der Waals surface area (Å²) in [5, 5.41) is 0. The van der Waals surface area contributed by atoms with Crippen LogP contribution in [0.25, 0.3) is 0 Å². The molecule has 126 valence electrons. The summed E-state index contributed by atoms with van der Waals surface area (Å²) >= 11 is 0. The smallest absolute Gasteiger partial charge is 0.343 e. The van der Waals surface area contributed by atoms with Crippen LogP contribution in [0.5, 0.6) is 5.75 Å². The van der Waals surface area contributed by atoms with Crippen LogP contribution in [0.1, 0.15) is 10.4 Å². The summed E-state index contributed by atoms with van der Waals surface area (Å²) in [6.45, 7) is 0. The highest BCUT2D eigenvalue weighted by Gasteiger charge is 2.15. The number of sulfonamides is 1. The van der Waals surface area contributed by atoms with E-state index in [-0.39, 0.29) is 16.1 Å². The number of rotatable bonds is 5. The van der Waals surface area contributed by atoms with E-state index in [1.807, 2.05) is 6.07 Å². The van der Waals surface area contributed by atoms with E-state index < -0.39 is 16.0 Å². The highest BCUT2D eigenvalue weighted by Crippen LogP contribution is 2.18. The lowest BCUT2D eigenvalue weighted by molar-refractivity contribution is 0.0735. The van der Waals surface area contributed by atoms with Gasteiger partial charge in [0, 0.05) is 5.69 Å². The summed E-state index contributed by atoms with van der Waals surface area (Å²) < 4.78 is 32.4. The first kappa shape index (κ1) is 16.7. The molecule has 0 bridgehead atoms. The van der Waals surface area contributed by atoms with Crippen molar-refractivity contribution in [3.05, 3.63) is 90.5 Å². The molecule has 1 N–H and O–H groups in total. The molecule has 0 fully saturated rings. The van der Waals surface area contributed by atoms with Crippen LogP contribution in [0.4, 0.5) is 5.69 Å². The Kier molecular flexibility index (Phi) is 4.81. The summed E-state index contributed by atoms with van der Waals surface area (Å²) in [6, 6.07) is 22.8. The maximum Gasteiger partial charge on any atom is 0.343 e. The molecule has 6 heteroatoms. The number of ether oxygens (including phenoxy) is 1. The molecule has 0 unspecified atom stereocenters. The van der Waals surface area contributed by atoms with Crippen molar-refractivity contribution in [3.63, 3.8) is 0 Å². The normalized spacial score (nSPS) is 10.9. The Morgan fingerprint density at radius 1 is 0.800 bits per heavy atom. The molecule has 3 rings (SSSR count). The first-order valence-electron chi connectivity index (χ1n) is 7.50. The van der Waals surface area contributed by atoms with Crippen molar-refractivity contribution in [2.45, 2.75) is 4.90 Å². The van der Waals surface area contributed by atoms with Gasteiger partial charge in [-0.15, -0.1) is 0 Å². The minimum absolute atomic E-state index is 0.146. The quantitative estimate of drug-likeness (QED) is 0.561. The van der Waals surface area contributed by atoms with Crippen LogP contribution in [-0.4, -0.2) is 14.4 Å². The summed E-state index contributed by atoms with van der Waals surface area (Å²) in [5.41, 5.74) is 0.531. The number of esters is 1. The molecular formula is C19H15NO4S. The van der Waals surface area contributed by atoms with Gasteiger partial charge in [-0.05, 0) is 42.5 Å². The average molecular weight is 353 g/mol. The Morgan fingerprint density at radius 3 is 2.12 bits per heavy atom. The first-order valence-corrected chi connectivity index (χ1v) is 8.98. The molecule has 0 saturated carbocycles. The molecule has 0 aromatic heterocycles. The third kappa shape index (κ3) is 4.24. The van der Waals surface area contributed by atoms with Gasteiger partial charge < -0.3 is 4.74 Å². The zero-order chi connectivity index (χ0) is 17.7. The summed E-state index contributed by atoms with van der Waals surface area (Å²) in [6.07, 6.45) is 0. The Bertz CT molecular complexity index is 971. The number of para-hydroxylation sites is 1. The van der Waals surface area contributed by atoms with Crippen LogP contribution in [-0.2, 0) is 10.0 Å². The van der Waals surface area contributed by atoms with Gasteiger partial charge in [-0.25, -0.2) is 13.2 Å². The second-order valence-electron chi connectivity index (χ2n) is 5.20. The lowest BCUT2D eigenvalue weighted by atomic mass is 10.2. The van der Waals surface area contributed by atoms with Crippen LogP contribution in [0.2, 0.25) is 0 Å². The highest BCUT2D eigenvalue weighted by atomic mass is 32.2. The number of benzene rings is 3. The van der Waals surface area contributed by atoms with E-state index in [9.17, 15) is 13.2 Å². The lowest BCUT2D eigenvalue weighted by Gasteiger charge is -2.09. The van der Waals surface area contributed by atoms with E-state index in [0.717, 1.165) is 0 Å². The van der Waals surface area contributed by atoms with Crippen LogP contribution in [0, 0.1) is 0 Å². The maximum absolute atomic E-state index is 12.3. The molecule has 0 radical (unpaired) electrons. The SMILES string of the molecule is O=C(Oc1ccccc1)c1cccc(NS(=O)(=O)c2ccccc2)c1. The van der Waals surface area contributed by atoms with Crippen molar-refractivity contribution in [1.82, 2.24) is 0 Å². The van der Waals surface area contributed by atoms with E-state index in [4.69, 9.17) is 4.74 Å². The Labute approximate surface area is 145 Å². The highest BCUT2D eigenvalue weighted by molar-refractivity contribution is 7.92. The lowest BCUT2D eigenvalue weighted by Crippen LogP contribution is -2.14. The molecular weight excluding hydrogens is 338 g/mol. The Balaban J connectivity index is 1.79. The van der Waals surface area contributed by atoms with Crippen molar-refractivity contribution < 1.29 is 17.9 Å². The zero-order valence-electron chi connectivity index (χ0n) is 13.1. The molecule has 0 aliphatic carbocycles. The fourth-order valence-electron chi connectivity index (χ4n) is 2.18. The second kappa shape index (κ2) is 7.19. The van der Waals surface area contributed by atoms with E-state index in [0.29, 0.717) is 5.75 Å². The number of hydrogen-bond donors (Lipinski definition) is 1. The van der Waals surface area contributed by atoms with E-state index >= 15 is 0 Å². The van der Waals surface area contributed by atoms with Gasteiger partial charge in [-0.3, -0.25) is 4.72 Å². The van der Waals surface area contributed by atoms with E-state index in [1.54, 1.807) is 60.7 Å². The number of hydrogen-bond acceptors (Lipinski definition) is 4. The van der Waals surface area contributed by atoms with Crippen LogP contribution >= 0.6 is 0 Å². The van der Waals surface area contributed by atoms with Crippen molar-refractivity contribution >= 4 is 21.7 Å².